The first kappa shape index (κ1) is 14.9. The first-order valence-corrected chi connectivity index (χ1v) is 6.10. The van der Waals surface area contributed by atoms with Gasteiger partial charge in [-0.3, -0.25) is 0 Å². The topological polar surface area (TPSA) is 21.3 Å². The van der Waals surface area contributed by atoms with Crippen molar-refractivity contribution in [3.8, 4) is 0 Å². The SMILES string of the molecule is CCC(C)(C)OCCC(C)(C)NC(C)C. The molecule has 0 heterocycles. The van der Waals surface area contributed by atoms with Crippen LogP contribution in [0.2, 0.25) is 0 Å². The van der Waals surface area contributed by atoms with Crippen molar-refractivity contribution in [3.05, 3.63) is 0 Å². The summed E-state index contributed by atoms with van der Waals surface area (Å²) in [6, 6.07) is 0.527. The zero-order chi connectivity index (χ0) is 12.1. The van der Waals surface area contributed by atoms with Gasteiger partial charge in [-0.25, -0.2) is 0 Å². The predicted molar refractivity (Wildman–Crippen MR) is 67.3 cm³/mol. The van der Waals surface area contributed by atoms with Crippen molar-refractivity contribution in [1.82, 2.24) is 5.32 Å². The van der Waals surface area contributed by atoms with Crippen molar-refractivity contribution < 1.29 is 4.74 Å². The van der Waals surface area contributed by atoms with Gasteiger partial charge in [-0.1, -0.05) is 20.8 Å². The third-order valence-corrected chi connectivity index (χ3v) is 2.75. The second-order valence-corrected chi connectivity index (χ2v) is 5.89. The van der Waals surface area contributed by atoms with Crippen molar-refractivity contribution in [2.45, 2.75) is 78.5 Å². The summed E-state index contributed by atoms with van der Waals surface area (Å²) in [7, 11) is 0. The van der Waals surface area contributed by atoms with Crippen LogP contribution in [-0.4, -0.2) is 23.8 Å². The summed E-state index contributed by atoms with van der Waals surface area (Å²) in [5.74, 6) is 0. The molecule has 0 saturated heterocycles. The lowest BCUT2D eigenvalue weighted by atomic mass is 9.99. The summed E-state index contributed by atoms with van der Waals surface area (Å²) in [6.45, 7) is 16.1. The van der Waals surface area contributed by atoms with E-state index in [0.717, 1.165) is 19.4 Å². The number of nitrogens with one attached hydrogen (secondary N) is 1. The molecule has 0 aromatic heterocycles. The molecule has 92 valence electrons. The first-order valence-electron chi connectivity index (χ1n) is 6.10. The van der Waals surface area contributed by atoms with Gasteiger partial charge < -0.3 is 10.1 Å². The monoisotopic (exact) mass is 215 g/mol. The van der Waals surface area contributed by atoms with Crippen LogP contribution in [0.3, 0.4) is 0 Å². The molecule has 0 atom stereocenters. The molecule has 2 nitrogen and oxygen atoms in total. The fraction of sp³-hybridized carbons (Fsp3) is 1.00. The van der Waals surface area contributed by atoms with Crippen molar-refractivity contribution >= 4 is 0 Å². The minimum absolute atomic E-state index is 0.0217. The van der Waals surface area contributed by atoms with Crippen LogP contribution in [0.15, 0.2) is 0 Å². The first-order chi connectivity index (χ1) is 6.68. The lowest BCUT2D eigenvalue weighted by molar-refractivity contribution is -0.0279. The summed E-state index contributed by atoms with van der Waals surface area (Å²) >= 11 is 0. The Morgan fingerprint density at radius 1 is 1.13 bits per heavy atom. The maximum atomic E-state index is 5.86. The van der Waals surface area contributed by atoms with Gasteiger partial charge in [0.2, 0.25) is 0 Å². The highest BCUT2D eigenvalue weighted by atomic mass is 16.5. The van der Waals surface area contributed by atoms with Gasteiger partial charge >= 0.3 is 0 Å². The third kappa shape index (κ3) is 7.80. The molecule has 0 spiro atoms. The lowest BCUT2D eigenvalue weighted by Crippen LogP contribution is -2.44. The quantitative estimate of drug-likeness (QED) is 0.703. The second kappa shape index (κ2) is 5.86. The summed E-state index contributed by atoms with van der Waals surface area (Å²) in [6.07, 6.45) is 2.11. The van der Waals surface area contributed by atoms with Gasteiger partial charge in [0.25, 0.3) is 0 Å². The summed E-state index contributed by atoms with van der Waals surface area (Å²) in [4.78, 5) is 0. The van der Waals surface area contributed by atoms with E-state index in [1.807, 2.05) is 0 Å². The van der Waals surface area contributed by atoms with E-state index >= 15 is 0 Å². The normalized spacial score (nSPS) is 13.6. The molecule has 1 N–H and O–H groups in total. The fourth-order valence-corrected chi connectivity index (χ4v) is 1.54. The Kier molecular flexibility index (Phi) is 5.82. The minimum Gasteiger partial charge on any atom is -0.376 e. The summed E-state index contributed by atoms with van der Waals surface area (Å²) in [5, 5.41) is 3.54. The van der Waals surface area contributed by atoms with Gasteiger partial charge in [0, 0.05) is 18.2 Å². The van der Waals surface area contributed by atoms with Crippen LogP contribution >= 0.6 is 0 Å². The van der Waals surface area contributed by atoms with Crippen LogP contribution in [0.5, 0.6) is 0 Å². The number of ether oxygens (including phenoxy) is 1. The number of rotatable bonds is 7. The summed E-state index contributed by atoms with van der Waals surface area (Å²) < 4.78 is 5.86. The predicted octanol–water partition coefficient (Wildman–Crippen LogP) is 3.36. The van der Waals surface area contributed by atoms with Crippen molar-refractivity contribution in [1.29, 1.82) is 0 Å². The highest BCUT2D eigenvalue weighted by molar-refractivity contribution is 4.79. The second-order valence-electron chi connectivity index (χ2n) is 5.89. The van der Waals surface area contributed by atoms with Gasteiger partial charge in [-0.2, -0.15) is 0 Å². The molecule has 0 amide bonds. The Labute approximate surface area is 95.8 Å². The van der Waals surface area contributed by atoms with Gasteiger partial charge in [-0.15, -0.1) is 0 Å². The standard InChI is InChI=1S/C13H29NO/c1-8-13(6,7)15-10-9-12(4,5)14-11(2)3/h11,14H,8-10H2,1-7H3. The van der Waals surface area contributed by atoms with Gasteiger partial charge in [-0.05, 0) is 40.5 Å². The van der Waals surface area contributed by atoms with E-state index < -0.39 is 0 Å². The van der Waals surface area contributed by atoms with Crippen LogP contribution in [0.4, 0.5) is 0 Å². The maximum Gasteiger partial charge on any atom is 0.0623 e. The van der Waals surface area contributed by atoms with E-state index in [4.69, 9.17) is 4.74 Å². The van der Waals surface area contributed by atoms with E-state index in [9.17, 15) is 0 Å². The molecule has 2 heteroatoms. The molecule has 0 saturated carbocycles. The number of hydrogen-bond donors (Lipinski definition) is 1. The minimum atomic E-state index is 0.0217. The van der Waals surface area contributed by atoms with Crippen LogP contribution in [0.1, 0.15) is 61.3 Å². The lowest BCUT2D eigenvalue weighted by Gasteiger charge is -2.31. The van der Waals surface area contributed by atoms with E-state index in [2.05, 4.69) is 53.8 Å². The Hall–Kier alpha value is -0.0800. The zero-order valence-corrected chi connectivity index (χ0v) is 11.6. The third-order valence-electron chi connectivity index (χ3n) is 2.75. The Bertz CT molecular complexity index is 173. The van der Waals surface area contributed by atoms with Crippen LogP contribution in [0, 0.1) is 0 Å². The highest BCUT2D eigenvalue weighted by Crippen LogP contribution is 2.16. The van der Waals surface area contributed by atoms with E-state index in [1.165, 1.54) is 0 Å². The molecule has 0 aromatic carbocycles. The van der Waals surface area contributed by atoms with Gasteiger partial charge in [0.1, 0.15) is 0 Å². The zero-order valence-electron chi connectivity index (χ0n) is 11.6. The molecule has 0 fully saturated rings. The molecule has 15 heavy (non-hydrogen) atoms. The molecule has 0 unspecified atom stereocenters. The Balaban J connectivity index is 3.84. The van der Waals surface area contributed by atoms with Crippen LogP contribution in [-0.2, 0) is 4.74 Å². The average Bonchev–Trinajstić information content (AvgIpc) is 2.00. The molecule has 0 aliphatic rings. The van der Waals surface area contributed by atoms with Gasteiger partial charge in [0.15, 0.2) is 0 Å². The fourth-order valence-electron chi connectivity index (χ4n) is 1.54. The largest absolute Gasteiger partial charge is 0.376 e. The summed E-state index contributed by atoms with van der Waals surface area (Å²) in [5.41, 5.74) is 0.186. The average molecular weight is 215 g/mol. The molecule has 0 rings (SSSR count). The molecule has 0 radical (unpaired) electrons. The Morgan fingerprint density at radius 2 is 1.67 bits per heavy atom. The molecule has 0 aromatic rings. The molecule has 0 bridgehead atoms. The molecular formula is C13H29NO. The van der Waals surface area contributed by atoms with Crippen LogP contribution in [0.25, 0.3) is 0 Å². The van der Waals surface area contributed by atoms with Crippen molar-refractivity contribution in [2.75, 3.05) is 6.61 Å². The molecular weight excluding hydrogens is 186 g/mol. The van der Waals surface area contributed by atoms with Gasteiger partial charge in [0.05, 0.1) is 5.60 Å². The Morgan fingerprint density at radius 3 is 2.07 bits per heavy atom. The number of hydrogen-bond acceptors (Lipinski definition) is 2. The maximum absolute atomic E-state index is 5.86. The van der Waals surface area contributed by atoms with E-state index in [-0.39, 0.29) is 11.1 Å². The van der Waals surface area contributed by atoms with Crippen LogP contribution < -0.4 is 5.32 Å². The highest BCUT2D eigenvalue weighted by Gasteiger charge is 2.21. The smallest absolute Gasteiger partial charge is 0.0623 e. The van der Waals surface area contributed by atoms with E-state index in [1.54, 1.807) is 0 Å². The van der Waals surface area contributed by atoms with Crippen molar-refractivity contribution in [2.24, 2.45) is 0 Å². The van der Waals surface area contributed by atoms with E-state index in [0.29, 0.717) is 6.04 Å². The molecule has 0 aliphatic carbocycles. The molecule has 0 aliphatic heterocycles. The van der Waals surface area contributed by atoms with Crippen molar-refractivity contribution in [3.63, 3.8) is 0 Å².